The highest BCUT2D eigenvalue weighted by molar-refractivity contribution is 9.10. The summed E-state index contributed by atoms with van der Waals surface area (Å²) in [6, 6.07) is 12.0. The summed E-state index contributed by atoms with van der Waals surface area (Å²) in [5.41, 5.74) is 1.81. The summed E-state index contributed by atoms with van der Waals surface area (Å²) in [7, 11) is -3.64. The Morgan fingerprint density at radius 1 is 1.25 bits per heavy atom. The largest absolute Gasteiger partial charge is 0.493 e. The summed E-state index contributed by atoms with van der Waals surface area (Å²) < 4.78 is 34.9. The zero-order chi connectivity index (χ0) is 17.3. The summed E-state index contributed by atoms with van der Waals surface area (Å²) in [6.07, 6.45) is 1.73. The molecule has 0 aliphatic carbocycles. The third-order valence-corrected chi connectivity index (χ3v) is 6.03. The highest BCUT2D eigenvalue weighted by Crippen LogP contribution is 2.38. The molecule has 0 radical (unpaired) electrons. The molecule has 3 rings (SSSR count). The fraction of sp³-hybridized carbons (Fsp3) is 0.222. The molecule has 0 saturated carbocycles. The molecule has 1 aliphatic heterocycles. The molecule has 0 spiro atoms. The number of halogens is 1. The van der Waals surface area contributed by atoms with Crippen molar-refractivity contribution in [1.29, 1.82) is 0 Å². The SMILES string of the molecule is C=C[C@@H]1COc2ccc(Br)cc2[C@@H]1NS(=O)(=O)c1ccc(C)cc1. The summed E-state index contributed by atoms with van der Waals surface area (Å²) in [4.78, 5) is 0.249. The van der Waals surface area contributed by atoms with Crippen LogP contribution in [0.3, 0.4) is 0 Å². The van der Waals surface area contributed by atoms with E-state index in [1.807, 2.05) is 25.1 Å². The molecule has 0 bridgehead atoms. The number of rotatable bonds is 4. The normalized spacial score (nSPS) is 20.1. The van der Waals surface area contributed by atoms with Gasteiger partial charge in [-0.3, -0.25) is 0 Å². The van der Waals surface area contributed by atoms with E-state index in [0.29, 0.717) is 12.4 Å². The maximum absolute atomic E-state index is 12.8. The van der Waals surface area contributed by atoms with Crippen LogP contribution in [0.5, 0.6) is 5.75 Å². The second kappa shape index (κ2) is 6.70. The van der Waals surface area contributed by atoms with Gasteiger partial charge in [-0.2, -0.15) is 0 Å². The zero-order valence-electron chi connectivity index (χ0n) is 13.2. The molecule has 1 heterocycles. The molecular weight excluding hydrogens is 390 g/mol. The van der Waals surface area contributed by atoms with Crippen molar-refractivity contribution in [3.8, 4) is 5.75 Å². The standard InChI is InChI=1S/C18H18BrNO3S/c1-3-13-11-23-17-9-6-14(19)10-16(17)18(13)20-24(21,22)15-7-4-12(2)5-8-15/h3-10,13,18,20H,1,11H2,2H3/t13-,18-/m1/s1. The lowest BCUT2D eigenvalue weighted by Crippen LogP contribution is -2.37. The third-order valence-electron chi connectivity index (χ3n) is 4.08. The average molecular weight is 408 g/mol. The maximum Gasteiger partial charge on any atom is 0.241 e. The number of sulfonamides is 1. The first-order valence-electron chi connectivity index (χ1n) is 7.54. The van der Waals surface area contributed by atoms with Gasteiger partial charge < -0.3 is 4.74 Å². The Hall–Kier alpha value is -1.63. The second-order valence-corrected chi connectivity index (χ2v) is 8.43. The van der Waals surface area contributed by atoms with E-state index >= 15 is 0 Å². The summed E-state index contributed by atoms with van der Waals surface area (Å²) in [5.74, 6) is 0.542. The van der Waals surface area contributed by atoms with Crippen molar-refractivity contribution in [2.24, 2.45) is 5.92 Å². The van der Waals surface area contributed by atoms with Crippen molar-refractivity contribution in [3.63, 3.8) is 0 Å². The molecule has 0 amide bonds. The molecule has 4 nitrogen and oxygen atoms in total. The Labute approximate surface area is 150 Å². The van der Waals surface area contributed by atoms with Crippen molar-refractivity contribution in [2.45, 2.75) is 17.9 Å². The van der Waals surface area contributed by atoms with Crippen LogP contribution in [0.25, 0.3) is 0 Å². The van der Waals surface area contributed by atoms with Crippen LogP contribution in [0, 0.1) is 12.8 Å². The Morgan fingerprint density at radius 2 is 1.96 bits per heavy atom. The van der Waals surface area contributed by atoms with E-state index in [0.717, 1.165) is 15.6 Å². The van der Waals surface area contributed by atoms with Crippen molar-refractivity contribution >= 4 is 26.0 Å². The molecule has 2 aromatic carbocycles. The summed E-state index contributed by atoms with van der Waals surface area (Å²) in [5, 5.41) is 0. The Morgan fingerprint density at radius 3 is 2.62 bits per heavy atom. The first-order chi connectivity index (χ1) is 11.4. The number of fused-ring (bicyclic) bond motifs is 1. The van der Waals surface area contributed by atoms with Crippen molar-refractivity contribution in [1.82, 2.24) is 4.72 Å². The number of hydrogen-bond donors (Lipinski definition) is 1. The quantitative estimate of drug-likeness (QED) is 0.779. The molecular formula is C18H18BrNO3S. The molecule has 2 aromatic rings. The second-order valence-electron chi connectivity index (χ2n) is 5.80. The predicted octanol–water partition coefficient (Wildman–Crippen LogP) is 3.97. The average Bonchev–Trinajstić information content (AvgIpc) is 2.55. The molecule has 0 fully saturated rings. The van der Waals surface area contributed by atoms with E-state index in [4.69, 9.17) is 4.74 Å². The highest BCUT2D eigenvalue weighted by atomic mass is 79.9. The highest BCUT2D eigenvalue weighted by Gasteiger charge is 2.33. The van der Waals surface area contributed by atoms with Gasteiger partial charge in [-0.05, 0) is 37.3 Å². The van der Waals surface area contributed by atoms with Crippen LogP contribution < -0.4 is 9.46 Å². The van der Waals surface area contributed by atoms with Crippen molar-refractivity contribution < 1.29 is 13.2 Å². The van der Waals surface area contributed by atoms with Crippen LogP contribution in [-0.4, -0.2) is 15.0 Å². The molecule has 1 aliphatic rings. The lowest BCUT2D eigenvalue weighted by Gasteiger charge is -2.32. The molecule has 6 heteroatoms. The Kier molecular flexibility index (Phi) is 4.80. The minimum atomic E-state index is -3.64. The van der Waals surface area contributed by atoms with Gasteiger partial charge >= 0.3 is 0 Å². The lowest BCUT2D eigenvalue weighted by atomic mass is 9.91. The molecule has 0 aromatic heterocycles. The first-order valence-corrected chi connectivity index (χ1v) is 9.82. The topological polar surface area (TPSA) is 55.4 Å². The van der Waals surface area contributed by atoms with Gasteiger partial charge in [0.05, 0.1) is 17.5 Å². The molecule has 126 valence electrons. The van der Waals surface area contributed by atoms with Crippen LogP contribution in [0.1, 0.15) is 17.2 Å². The summed E-state index contributed by atoms with van der Waals surface area (Å²) in [6.45, 7) is 6.13. The van der Waals surface area contributed by atoms with E-state index in [2.05, 4.69) is 27.2 Å². The van der Waals surface area contributed by atoms with Gasteiger partial charge in [-0.15, -0.1) is 6.58 Å². The Balaban J connectivity index is 1.99. The number of nitrogens with one attached hydrogen (secondary N) is 1. The van der Waals surface area contributed by atoms with Crippen LogP contribution in [0.15, 0.2) is 64.5 Å². The number of benzene rings is 2. The van der Waals surface area contributed by atoms with E-state index in [9.17, 15) is 8.42 Å². The fourth-order valence-corrected chi connectivity index (χ4v) is 4.36. The monoisotopic (exact) mass is 407 g/mol. The molecule has 0 saturated heterocycles. The van der Waals surface area contributed by atoms with Gasteiger partial charge in [-0.25, -0.2) is 13.1 Å². The number of aryl methyl sites for hydroxylation is 1. The van der Waals surface area contributed by atoms with E-state index in [1.54, 1.807) is 30.3 Å². The van der Waals surface area contributed by atoms with E-state index in [-0.39, 0.29) is 10.8 Å². The minimum absolute atomic E-state index is 0.146. The first kappa shape index (κ1) is 17.2. The molecule has 2 atom stereocenters. The molecule has 1 N–H and O–H groups in total. The minimum Gasteiger partial charge on any atom is -0.493 e. The predicted molar refractivity (Wildman–Crippen MR) is 97.6 cm³/mol. The van der Waals surface area contributed by atoms with Crippen LogP contribution >= 0.6 is 15.9 Å². The summed E-state index contributed by atoms with van der Waals surface area (Å²) >= 11 is 3.43. The van der Waals surface area contributed by atoms with Crippen molar-refractivity contribution in [3.05, 3.63) is 70.7 Å². The van der Waals surface area contributed by atoms with Gasteiger partial charge in [0, 0.05) is 16.0 Å². The fourth-order valence-electron chi connectivity index (χ4n) is 2.71. The van der Waals surface area contributed by atoms with Gasteiger partial charge in [0.1, 0.15) is 5.75 Å². The van der Waals surface area contributed by atoms with E-state index in [1.165, 1.54) is 0 Å². The van der Waals surface area contributed by atoms with Gasteiger partial charge in [0.15, 0.2) is 0 Å². The smallest absolute Gasteiger partial charge is 0.241 e. The Bertz CT molecular complexity index is 862. The van der Waals surface area contributed by atoms with Crippen LogP contribution in [-0.2, 0) is 10.0 Å². The van der Waals surface area contributed by atoms with Crippen molar-refractivity contribution in [2.75, 3.05) is 6.61 Å². The third kappa shape index (κ3) is 3.41. The van der Waals surface area contributed by atoms with E-state index < -0.39 is 16.1 Å². The zero-order valence-corrected chi connectivity index (χ0v) is 15.6. The van der Waals surface area contributed by atoms with Gasteiger partial charge in [0.25, 0.3) is 0 Å². The number of hydrogen-bond acceptors (Lipinski definition) is 3. The number of ether oxygens (including phenoxy) is 1. The molecule has 24 heavy (non-hydrogen) atoms. The van der Waals surface area contributed by atoms with Gasteiger partial charge in [0.2, 0.25) is 10.0 Å². The van der Waals surface area contributed by atoms with Gasteiger partial charge in [-0.1, -0.05) is 39.7 Å². The van der Waals surface area contributed by atoms with Crippen LogP contribution in [0.2, 0.25) is 0 Å². The lowest BCUT2D eigenvalue weighted by molar-refractivity contribution is 0.218. The molecule has 0 unspecified atom stereocenters. The van der Waals surface area contributed by atoms with Crippen LogP contribution in [0.4, 0.5) is 0 Å². The maximum atomic E-state index is 12.8.